The molecule has 0 unspecified atom stereocenters. The number of carbonyl (C=O) groups excluding carboxylic acids is 1. The number of hydrogen-bond acceptors (Lipinski definition) is 3. The molecule has 1 heterocycles. The summed E-state index contributed by atoms with van der Waals surface area (Å²) >= 11 is 5.94. The SMILES string of the molecule is O=C(Nc1cccc(Cl)c1)C1CCN(S(=O)(=O)CCCc2ccccc2)CC1. The van der Waals surface area contributed by atoms with Gasteiger partial charge in [0.2, 0.25) is 15.9 Å². The van der Waals surface area contributed by atoms with Gasteiger partial charge in [-0.2, -0.15) is 0 Å². The molecule has 1 aliphatic heterocycles. The standard InChI is InChI=1S/C21H25ClN2O3S/c22-19-9-4-10-20(16-19)23-21(25)18-11-13-24(14-12-18)28(26,27)15-5-8-17-6-2-1-3-7-17/h1-4,6-7,9-10,16,18H,5,8,11-15H2,(H,23,25). The van der Waals surface area contributed by atoms with E-state index in [9.17, 15) is 13.2 Å². The number of halogens is 1. The third kappa shape index (κ3) is 5.80. The van der Waals surface area contributed by atoms with Crippen LogP contribution in [0.5, 0.6) is 0 Å². The molecule has 1 fully saturated rings. The molecule has 2 aromatic carbocycles. The van der Waals surface area contributed by atoms with Gasteiger partial charge in [-0.15, -0.1) is 0 Å². The highest BCUT2D eigenvalue weighted by Gasteiger charge is 2.30. The van der Waals surface area contributed by atoms with Crippen LogP contribution in [-0.2, 0) is 21.2 Å². The molecule has 1 N–H and O–H groups in total. The molecule has 150 valence electrons. The molecule has 1 amide bonds. The van der Waals surface area contributed by atoms with Gasteiger partial charge in [0.25, 0.3) is 0 Å². The lowest BCUT2D eigenvalue weighted by Crippen LogP contribution is -2.42. The van der Waals surface area contributed by atoms with Crippen molar-refractivity contribution in [2.24, 2.45) is 5.92 Å². The van der Waals surface area contributed by atoms with E-state index in [1.54, 1.807) is 24.3 Å². The molecule has 1 aliphatic rings. The van der Waals surface area contributed by atoms with Gasteiger partial charge in [-0.05, 0) is 49.4 Å². The summed E-state index contributed by atoms with van der Waals surface area (Å²) in [6.45, 7) is 0.780. The van der Waals surface area contributed by atoms with Crippen molar-refractivity contribution in [2.45, 2.75) is 25.7 Å². The van der Waals surface area contributed by atoms with Gasteiger partial charge in [0, 0.05) is 29.7 Å². The van der Waals surface area contributed by atoms with Crippen LogP contribution in [0.1, 0.15) is 24.8 Å². The summed E-state index contributed by atoms with van der Waals surface area (Å²) in [5.74, 6) is -0.125. The predicted octanol–water partition coefficient (Wildman–Crippen LogP) is 3.95. The monoisotopic (exact) mass is 420 g/mol. The van der Waals surface area contributed by atoms with Gasteiger partial charge in [0.1, 0.15) is 0 Å². The first kappa shape index (κ1) is 20.8. The molecule has 0 bridgehead atoms. The summed E-state index contributed by atoms with van der Waals surface area (Å²) in [7, 11) is -3.28. The van der Waals surface area contributed by atoms with Gasteiger partial charge in [-0.25, -0.2) is 12.7 Å². The molecule has 0 atom stereocenters. The quantitative estimate of drug-likeness (QED) is 0.737. The zero-order chi connectivity index (χ0) is 20.0. The molecule has 0 spiro atoms. The summed E-state index contributed by atoms with van der Waals surface area (Å²) in [5, 5.41) is 3.43. The Labute approximate surface area is 171 Å². The van der Waals surface area contributed by atoms with Crippen molar-refractivity contribution in [3.8, 4) is 0 Å². The fraction of sp³-hybridized carbons (Fsp3) is 0.381. The number of piperidine rings is 1. The maximum atomic E-state index is 12.6. The first-order chi connectivity index (χ1) is 13.4. The zero-order valence-electron chi connectivity index (χ0n) is 15.7. The van der Waals surface area contributed by atoms with E-state index in [2.05, 4.69) is 5.32 Å². The second kappa shape index (κ2) is 9.54. The van der Waals surface area contributed by atoms with E-state index in [-0.39, 0.29) is 17.6 Å². The number of benzene rings is 2. The molecule has 1 saturated heterocycles. The van der Waals surface area contributed by atoms with Gasteiger partial charge in [-0.1, -0.05) is 48.0 Å². The van der Waals surface area contributed by atoms with E-state index in [4.69, 9.17) is 11.6 Å². The van der Waals surface area contributed by atoms with E-state index in [0.29, 0.717) is 43.1 Å². The number of rotatable bonds is 7. The molecule has 7 heteroatoms. The van der Waals surface area contributed by atoms with Crippen molar-refractivity contribution in [3.63, 3.8) is 0 Å². The maximum absolute atomic E-state index is 12.6. The van der Waals surface area contributed by atoms with Crippen LogP contribution in [0.15, 0.2) is 54.6 Å². The van der Waals surface area contributed by atoms with E-state index in [1.807, 2.05) is 30.3 Å². The Morgan fingerprint density at radius 2 is 1.79 bits per heavy atom. The number of nitrogens with one attached hydrogen (secondary N) is 1. The second-order valence-electron chi connectivity index (χ2n) is 7.08. The van der Waals surface area contributed by atoms with E-state index in [1.165, 1.54) is 4.31 Å². The minimum atomic E-state index is -3.28. The highest BCUT2D eigenvalue weighted by Crippen LogP contribution is 2.23. The Bertz CT molecular complexity index is 895. The van der Waals surface area contributed by atoms with Crippen molar-refractivity contribution >= 4 is 33.2 Å². The van der Waals surface area contributed by atoms with Crippen LogP contribution in [0.3, 0.4) is 0 Å². The number of amides is 1. The summed E-state index contributed by atoms with van der Waals surface area (Å²) < 4.78 is 26.7. The van der Waals surface area contributed by atoms with Crippen LogP contribution < -0.4 is 5.32 Å². The van der Waals surface area contributed by atoms with Gasteiger partial charge < -0.3 is 5.32 Å². The molecule has 28 heavy (non-hydrogen) atoms. The number of nitrogens with zero attached hydrogens (tertiary/aromatic N) is 1. The van der Waals surface area contributed by atoms with E-state index >= 15 is 0 Å². The minimum Gasteiger partial charge on any atom is -0.326 e. The molecular formula is C21H25ClN2O3S. The molecule has 0 saturated carbocycles. The Kier molecular flexibility index (Phi) is 7.10. The van der Waals surface area contributed by atoms with Gasteiger partial charge in [0.05, 0.1) is 5.75 Å². The highest BCUT2D eigenvalue weighted by molar-refractivity contribution is 7.89. The smallest absolute Gasteiger partial charge is 0.227 e. The van der Waals surface area contributed by atoms with Gasteiger partial charge in [0.15, 0.2) is 0 Å². The molecule has 3 rings (SSSR count). The van der Waals surface area contributed by atoms with Crippen LogP contribution in [0, 0.1) is 5.92 Å². The second-order valence-corrected chi connectivity index (χ2v) is 9.60. The van der Waals surface area contributed by atoms with Gasteiger partial charge in [-0.3, -0.25) is 4.79 Å². The average molecular weight is 421 g/mol. The Morgan fingerprint density at radius 1 is 1.07 bits per heavy atom. The van der Waals surface area contributed by atoms with Gasteiger partial charge >= 0.3 is 0 Å². The maximum Gasteiger partial charge on any atom is 0.227 e. The van der Waals surface area contributed by atoms with Crippen molar-refractivity contribution in [2.75, 3.05) is 24.2 Å². The zero-order valence-corrected chi connectivity index (χ0v) is 17.3. The summed E-state index contributed by atoms with van der Waals surface area (Å²) in [6.07, 6.45) is 2.41. The van der Waals surface area contributed by atoms with Crippen molar-refractivity contribution in [1.82, 2.24) is 4.31 Å². The highest BCUT2D eigenvalue weighted by atomic mass is 35.5. The molecule has 2 aromatic rings. The van der Waals surface area contributed by atoms with Crippen molar-refractivity contribution in [1.29, 1.82) is 0 Å². The lowest BCUT2D eigenvalue weighted by molar-refractivity contribution is -0.120. The third-order valence-electron chi connectivity index (χ3n) is 5.02. The van der Waals surface area contributed by atoms with Crippen molar-refractivity contribution in [3.05, 3.63) is 65.2 Å². The van der Waals surface area contributed by atoms with E-state index in [0.717, 1.165) is 12.0 Å². The largest absolute Gasteiger partial charge is 0.326 e. The fourth-order valence-electron chi connectivity index (χ4n) is 3.44. The van der Waals surface area contributed by atoms with Crippen LogP contribution in [0.4, 0.5) is 5.69 Å². The lowest BCUT2D eigenvalue weighted by atomic mass is 9.97. The van der Waals surface area contributed by atoms with Crippen LogP contribution in [-0.4, -0.2) is 37.5 Å². The molecule has 0 radical (unpaired) electrons. The summed E-state index contributed by atoms with van der Waals surface area (Å²) in [5.41, 5.74) is 1.81. The van der Waals surface area contributed by atoms with Crippen LogP contribution in [0.2, 0.25) is 5.02 Å². The Balaban J connectivity index is 1.46. The minimum absolute atomic E-state index is 0.0802. The molecule has 5 nitrogen and oxygen atoms in total. The first-order valence-electron chi connectivity index (χ1n) is 9.52. The average Bonchev–Trinajstić information content (AvgIpc) is 2.69. The number of aryl methyl sites for hydroxylation is 1. The van der Waals surface area contributed by atoms with Crippen LogP contribution in [0.25, 0.3) is 0 Å². The summed E-state index contributed by atoms with van der Waals surface area (Å²) in [4.78, 5) is 12.4. The number of anilines is 1. The fourth-order valence-corrected chi connectivity index (χ4v) is 5.16. The molecular weight excluding hydrogens is 396 g/mol. The number of hydrogen-bond donors (Lipinski definition) is 1. The predicted molar refractivity (Wildman–Crippen MR) is 113 cm³/mol. The Hall–Kier alpha value is -1.89. The first-order valence-corrected chi connectivity index (χ1v) is 11.5. The Morgan fingerprint density at radius 3 is 2.46 bits per heavy atom. The number of carbonyl (C=O) groups is 1. The molecule has 0 aliphatic carbocycles. The normalized spacial score (nSPS) is 16.0. The topological polar surface area (TPSA) is 66.5 Å². The van der Waals surface area contributed by atoms with Crippen molar-refractivity contribution < 1.29 is 13.2 Å². The lowest BCUT2D eigenvalue weighted by Gasteiger charge is -2.30. The molecule has 0 aromatic heterocycles. The third-order valence-corrected chi connectivity index (χ3v) is 7.21. The van der Waals surface area contributed by atoms with Crippen LogP contribution >= 0.6 is 11.6 Å². The van der Waals surface area contributed by atoms with E-state index < -0.39 is 10.0 Å². The summed E-state index contributed by atoms with van der Waals surface area (Å²) in [6, 6.07) is 16.9. The number of sulfonamides is 1.